The van der Waals surface area contributed by atoms with E-state index in [1.54, 1.807) is 0 Å². The van der Waals surface area contributed by atoms with E-state index in [-0.39, 0.29) is 0 Å². The summed E-state index contributed by atoms with van der Waals surface area (Å²) >= 11 is 1.92. The summed E-state index contributed by atoms with van der Waals surface area (Å²) in [7, 11) is 0. The molecule has 0 aromatic heterocycles. The number of nitrogens with one attached hydrogen (secondary N) is 1. The van der Waals surface area contributed by atoms with Gasteiger partial charge in [0.1, 0.15) is 0 Å². The molecule has 2 nitrogen and oxygen atoms in total. The molecule has 0 heterocycles. The number of thioether (sulfide) groups is 1. The van der Waals surface area contributed by atoms with Crippen LogP contribution in [0.25, 0.3) is 0 Å². The van der Waals surface area contributed by atoms with Gasteiger partial charge >= 0.3 is 0 Å². The van der Waals surface area contributed by atoms with Gasteiger partial charge in [0.25, 0.3) is 0 Å². The lowest BCUT2D eigenvalue weighted by molar-refractivity contribution is 0.0778. The fraction of sp³-hybridized carbons (Fsp3) is 1.00. The molecule has 0 aromatic carbocycles. The Hall–Kier alpha value is 0.270. The quantitative estimate of drug-likeness (QED) is 0.667. The zero-order chi connectivity index (χ0) is 9.61. The monoisotopic (exact) mass is 191 g/mol. The summed E-state index contributed by atoms with van der Waals surface area (Å²) in [6.07, 6.45) is 0. The van der Waals surface area contributed by atoms with Crippen molar-refractivity contribution < 1.29 is 5.11 Å². The average Bonchev–Trinajstić information content (AvgIpc) is 1.95. The third-order valence-corrected chi connectivity index (χ3v) is 2.60. The van der Waals surface area contributed by atoms with E-state index in [0.717, 1.165) is 11.5 Å². The highest BCUT2D eigenvalue weighted by molar-refractivity contribution is 7.99. The third-order valence-electron chi connectivity index (χ3n) is 1.46. The lowest BCUT2D eigenvalue weighted by atomic mass is 10.1. The standard InChI is InChI=1S/C9H21NOS/c1-5-12-6-8(2)10-7-9(3,4)11/h8,10-11H,5-7H2,1-4H3. The molecule has 0 aromatic rings. The van der Waals surface area contributed by atoms with Gasteiger partial charge in [0.05, 0.1) is 5.60 Å². The summed E-state index contributed by atoms with van der Waals surface area (Å²) in [5, 5.41) is 12.7. The molecule has 3 heteroatoms. The van der Waals surface area contributed by atoms with Crippen molar-refractivity contribution in [2.75, 3.05) is 18.1 Å². The van der Waals surface area contributed by atoms with E-state index in [0.29, 0.717) is 12.6 Å². The van der Waals surface area contributed by atoms with E-state index < -0.39 is 5.60 Å². The Balaban J connectivity index is 3.37. The maximum absolute atomic E-state index is 9.42. The SMILES string of the molecule is CCSCC(C)NCC(C)(C)O. The molecule has 0 rings (SSSR count). The maximum Gasteiger partial charge on any atom is 0.0715 e. The highest BCUT2D eigenvalue weighted by Gasteiger charge is 2.12. The van der Waals surface area contributed by atoms with Crippen LogP contribution in [0.5, 0.6) is 0 Å². The van der Waals surface area contributed by atoms with Crippen LogP contribution in [0.3, 0.4) is 0 Å². The minimum Gasteiger partial charge on any atom is -0.389 e. The smallest absolute Gasteiger partial charge is 0.0715 e. The van der Waals surface area contributed by atoms with Gasteiger partial charge in [-0.3, -0.25) is 0 Å². The van der Waals surface area contributed by atoms with Gasteiger partial charge in [-0.1, -0.05) is 6.92 Å². The van der Waals surface area contributed by atoms with E-state index in [4.69, 9.17) is 0 Å². The molecule has 1 atom stereocenters. The Morgan fingerprint density at radius 1 is 1.50 bits per heavy atom. The van der Waals surface area contributed by atoms with Crippen molar-refractivity contribution >= 4 is 11.8 Å². The Bertz CT molecular complexity index is 112. The molecule has 12 heavy (non-hydrogen) atoms. The zero-order valence-corrected chi connectivity index (χ0v) is 9.37. The molecule has 0 fully saturated rings. The largest absolute Gasteiger partial charge is 0.389 e. The molecule has 0 aliphatic heterocycles. The number of rotatable bonds is 6. The molecule has 0 amide bonds. The molecule has 74 valence electrons. The Morgan fingerprint density at radius 2 is 2.08 bits per heavy atom. The number of hydrogen-bond acceptors (Lipinski definition) is 3. The van der Waals surface area contributed by atoms with Crippen molar-refractivity contribution in [2.24, 2.45) is 0 Å². The van der Waals surface area contributed by atoms with Crippen LogP contribution in [0.2, 0.25) is 0 Å². The van der Waals surface area contributed by atoms with Crippen LogP contribution in [-0.2, 0) is 0 Å². The van der Waals surface area contributed by atoms with Crippen LogP contribution in [0, 0.1) is 0 Å². The van der Waals surface area contributed by atoms with Crippen molar-refractivity contribution in [3.63, 3.8) is 0 Å². The van der Waals surface area contributed by atoms with Gasteiger partial charge in [-0.05, 0) is 26.5 Å². The van der Waals surface area contributed by atoms with Gasteiger partial charge in [-0.15, -0.1) is 0 Å². The topological polar surface area (TPSA) is 32.3 Å². The van der Waals surface area contributed by atoms with Crippen molar-refractivity contribution in [3.05, 3.63) is 0 Å². The van der Waals surface area contributed by atoms with Gasteiger partial charge < -0.3 is 10.4 Å². The van der Waals surface area contributed by atoms with Gasteiger partial charge in [-0.2, -0.15) is 11.8 Å². The maximum atomic E-state index is 9.42. The normalized spacial score (nSPS) is 14.8. The predicted molar refractivity (Wildman–Crippen MR) is 56.8 cm³/mol. The van der Waals surface area contributed by atoms with Gasteiger partial charge in [0, 0.05) is 18.3 Å². The number of hydrogen-bond donors (Lipinski definition) is 2. The lowest BCUT2D eigenvalue weighted by Crippen LogP contribution is -2.40. The summed E-state index contributed by atoms with van der Waals surface area (Å²) in [5.74, 6) is 2.28. The molecule has 0 aliphatic rings. The zero-order valence-electron chi connectivity index (χ0n) is 8.55. The van der Waals surface area contributed by atoms with E-state index in [1.807, 2.05) is 25.6 Å². The second-order valence-corrected chi connectivity index (χ2v) is 5.07. The Morgan fingerprint density at radius 3 is 2.50 bits per heavy atom. The first kappa shape index (κ1) is 12.3. The molecule has 0 bridgehead atoms. The van der Waals surface area contributed by atoms with Gasteiger partial charge in [0.15, 0.2) is 0 Å². The van der Waals surface area contributed by atoms with Crippen LogP contribution < -0.4 is 5.32 Å². The molecule has 0 saturated heterocycles. The van der Waals surface area contributed by atoms with Gasteiger partial charge in [0.2, 0.25) is 0 Å². The number of aliphatic hydroxyl groups is 1. The highest BCUT2D eigenvalue weighted by Crippen LogP contribution is 2.03. The van der Waals surface area contributed by atoms with Crippen molar-refractivity contribution in [1.29, 1.82) is 0 Å². The molecule has 0 aliphatic carbocycles. The van der Waals surface area contributed by atoms with Gasteiger partial charge in [-0.25, -0.2) is 0 Å². The van der Waals surface area contributed by atoms with Crippen LogP contribution in [0.4, 0.5) is 0 Å². The molecule has 0 spiro atoms. The van der Waals surface area contributed by atoms with Crippen LogP contribution in [-0.4, -0.2) is 34.8 Å². The molecule has 2 N–H and O–H groups in total. The second-order valence-electron chi connectivity index (χ2n) is 3.75. The van der Waals surface area contributed by atoms with E-state index in [1.165, 1.54) is 0 Å². The van der Waals surface area contributed by atoms with Crippen LogP contribution in [0.15, 0.2) is 0 Å². The van der Waals surface area contributed by atoms with E-state index in [2.05, 4.69) is 19.2 Å². The summed E-state index contributed by atoms with van der Waals surface area (Å²) in [4.78, 5) is 0. The van der Waals surface area contributed by atoms with E-state index >= 15 is 0 Å². The molecular formula is C9H21NOS. The summed E-state index contributed by atoms with van der Waals surface area (Å²) in [6, 6.07) is 0.487. The van der Waals surface area contributed by atoms with E-state index in [9.17, 15) is 5.11 Å². The molecule has 0 saturated carbocycles. The lowest BCUT2D eigenvalue weighted by Gasteiger charge is -2.21. The molecular weight excluding hydrogens is 170 g/mol. The second kappa shape index (κ2) is 5.84. The highest BCUT2D eigenvalue weighted by atomic mass is 32.2. The summed E-state index contributed by atoms with van der Waals surface area (Å²) in [6.45, 7) is 8.61. The first-order valence-electron chi connectivity index (χ1n) is 4.49. The average molecular weight is 191 g/mol. The fourth-order valence-electron chi connectivity index (χ4n) is 0.778. The fourth-order valence-corrected chi connectivity index (χ4v) is 1.48. The summed E-state index contributed by atoms with van der Waals surface area (Å²) in [5.41, 5.74) is -0.592. The summed E-state index contributed by atoms with van der Waals surface area (Å²) < 4.78 is 0. The van der Waals surface area contributed by atoms with Crippen molar-refractivity contribution in [1.82, 2.24) is 5.32 Å². The molecule has 1 unspecified atom stereocenters. The predicted octanol–water partition coefficient (Wildman–Crippen LogP) is 1.49. The van der Waals surface area contributed by atoms with Crippen molar-refractivity contribution in [3.8, 4) is 0 Å². The first-order valence-corrected chi connectivity index (χ1v) is 5.64. The van der Waals surface area contributed by atoms with Crippen LogP contribution in [0.1, 0.15) is 27.7 Å². The van der Waals surface area contributed by atoms with Crippen molar-refractivity contribution in [2.45, 2.75) is 39.3 Å². The Labute approximate surface area is 80.1 Å². The minimum absolute atomic E-state index is 0.487. The minimum atomic E-state index is -0.592. The first-order chi connectivity index (χ1) is 5.45. The van der Waals surface area contributed by atoms with Crippen LogP contribution >= 0.6 is 11.8 Å². The Kier molecular flexibility index (Phi) is 5.97. The third kappa shape index (κ3) is 8.37. The molecule has 0 radical (unpaired) electrons.